The van der Waals surface area contributed by atoms with E-state index in [-0.39, 0.29) is 6.04 Å². The monoisotopic (exact) mass is 453 g/mol. The summed E-state index contributed by atoms with van der Waals surface area (Å²) in [7, 11) is 0. The molecule has 0 amide bonds. The van der Waals surface area contributed by atoms with Crippen molar-refractivity contribution < 1.29 is 8.83 Å². The molecule has 6 heteroatoms. The van der Waals surface area contributed by atoms with Gasteiger partial charge in [-0.3, -0.25) is 0 Å². The molecule has 4 heterocycles. The van der Waals surface area contributed by atoms with Gasteiger partial charge in [-0.1, -0.05) is 6.08 Å². The topological polar surface area (TPSA) is 78.8 Å². The molecule has 0 unspecified atom stereocenters. The lowest BCUT2D eigenvalue weighted by atomic mass is 10.3. The number of fused-ring (bicyclic) bond motifs is 1. The van der Waals surface area contributed by atoms with Gasteiger partial charge in [-0.15, -0.1) is 11.3 Å². The van der Waals surface area contributed by atoms with Crippen LogP contribution in [0.5, 0.6) is 0 Å². The van der Waals surface area contributed by atoms with Gasteiger partial charge in [0.15, 0.2) is 5.76 Å². The quantitative estimate of drug-likeness (QED) is 0.218. The summed E-state index contributed by atoms with van der Waals surface area (Å²) < 4.78 is 15.4. The van der Waals surface area contributed by atoms with Crippen LogP contribution in [-0.2, 0) is 0 Å². The molecular formula is C27H23N3O2S. The zero-order valence-corrected chi connectivity index (χ0v) is 19.7. The van der Waals surface area contributed by atoms with Crippen molar-refractivity contribution in [2.45, 2.75) is 33.7 Å². The van der Waals surface area contributed by atoms with Gasteiger partial charge in [-0.05, 0) is 82.3 Å². The van der Waals surface area contributed by atoms with Crippen molar-refractivity contribution in [2.75, 3.05) is 0 Å². The third-order valence-electron chi connectivity index (χ3n) is 5.11. The van der Waals surface area contributed by atoms with Crippen LogP contribution in [-0.4, -0.2) is 4.57 Å². The van der Waals surface area contributed by atoms with Gasteiger partial charge in [-0.25, -0.2) is 0 Å². The first kappa shape index (κ1) is 22.2. The maximum Gasteiger partial charge on any atom is 0.151 e. The molecule has 164 valence electrons. The molecule has 0 spiro atoms. The van der Waals surface area contributed by atoms with Crippen molar-refractivity contribution in [1.82, 2.24) is 4.57 Å². The second kappa shape index (κ2) is 9.24. The number of furan rings is 2. The SMILES string of the molecule is C/C(C#N)=C/C=C/c1ccc(-c2cc3sc(-c4ccc(/C=C(/C)C#N)o4)cc3n2C(C)C)o1. The Morgan fingerprint density at radius 3 is 2.39 bits per heavy atom. The molecule has 0 fully saturated rings. The zero-order valence-electron chi connectivity index (χ0n) is 18.9. The number of rotatable bonds is 6. The van der Waals surface area contributed by atoms with Crippen LogP contribution >= 0.6 is 11.3 Å². The van der Waals surface area contributed by atoms with Crippen molar-refractivity contribution in [3.63, 3.8) is 0 Å². The minimum Gasteiger partial charge on any atom is -0.456 e. The molecule has 0 radical (unpaired) electrons. The molecule has 0 aliphatic carbocycles. The Morgan fingerprint density at radius 2 is 1.67 bits per heavy atom. The largest absolute Gasteiger partial charge is 0.456 e. The summed E-state index contributed by atoms with van der Waals surface area (Å²) in [5.41, 5.74) is 3.39. The molecule has 33 heavy (non-hydrogen) atoms. The highest BCUT2D eigenvalue weighted by molar-refractivity contribution is 7.22. The average molecular weight is 454 g/mol. The molecular weight excluding hydrogens is 430 g/mol. The van der Waals surface area contributed by atoms with Gasteiger partial charge in [0.25, 0.3) is 0 Å². The van der Waals surface area contributed by atoms with Crippen LogP contribution in [0.1, 0.15) is 45.3 Å². The van der Waals surface area contributed by atoms with Crippen LogP contribution in [0, 0.1) is 22.7 Å². The third-order valence-corrected chi connectivity index (χ3v) is 6.20. The second-order valence-electron chi connectivity index (χ2n) is 8.02. The van der Waals surface area contributed by atoms with Crippen LogP contribution in [0.15, 0.2) is 68.5 Å². The van der Waals surface area contributed by atoms with E-state index in [0.29, 0.717) is 16.9 Å². The van der Waals surface area contributed by atoms with E-state index in [2.05, 4.69) is 42.7 Å². The standard InChI is InChI=1S/C27H23N3O2S/c1-17(2)30-22(24-10-8-20(31-24)7-5-6-18(3)15-28)13-26-23(30)14-27(33-26)25-11-9-21(32-25)12-19(4)16-29/h5-14,17H,1-4H3/b7-5+,18-6-,19-12-. The lowest BCUT2D eigenvalue weighted by Gasteiger charge is -2.12. The first-order valence-electron chi connectivity index (χ1n) is 10.6. The lowest BCUT2D eigenvalue weighted by molar-refractivity contribution is 0.553. The highest BCUT2D eigenvalue weighted by atomic mass is 32.1. The zero-order chi connectivity index (χ0) is 23.5. The summed E-state index contributed by atoms with van der Waals surface area (Å²) in [4.78, 5) is 1.04. The van der Waals surface area contributed by atoms with Crippen LogP contribution in [0.4, 0.5) is 0 Å². The highest BCUT2D eigenvalue weighted by Crippen LogP contribution is 2.40. The van der Waals surface area contributed by atoms with E-state index in [1.54, 1.807) is 37.3 Å². The number of nitrogens with zero attached hydrogens (tertiary/aromatic N) is 3. The normalized spacial score (nSPS) is 12.7. The van der Waals surface area contributed by atoms with Gasteiger partial charge in [-0.2, -0.15) is 10.5 Å². The number of hydrogen-bond acceptors (Lipinski definition) is 5. The minimum atomic E-state index is 0.235. The molecule has 4 rings (SSSR count). The number of thiophene rings is 1. The van der Waals surface area contributed by atoms with Gasteiger partial charge in [0.2, 0.25) is 0 Å². The average Bonchev–Trinajstić information content (AvgIpc) is 3.55. The summed E-state index contributed by atoms with van der Waals surface area (Å²) in [5, 5.41) is 17.8. The van der Waals surface area contributed by atoms with Crippen molar-refractivity contribution in [2.24, 2.45) is 0 Å². The van der Waals surface area contributed by atoms with Gasteiger partial charge in [0, 0.05) is 17.2 Å². The summed E-state index contributed by atoms with van der Waals surface area (Å²) in [5.74, 6) is 2.99. The minimum absolute atomic E-state index is 0.235. The maximum atomic E-state index is 8.98. The molecule has 0 aliphatic rings. The first-order valence-corrected chi connectivity index (χ1v) is 11.4. The molecule has 0 saturated heterocycles. The third kappa shape index (κ3) is 4.62. The Balaban J connectivity index is 1.68. The fourth-order valence-electron chi connectivity index (χ4n) is 3.59. The fraction of sp³-hybridized carbons (Fsp3) is 0.185. The van der Waals surface area contributed by atoms with Crippen LogP contribution < -0.4 is 0 Å². The number of nitriles is 2. The first-order chi connectivity index (χ1) is 15.9. The van der Waals surface area contributed by atoms with Gasteiger partial charge in [0.05, 0.1) is 32.9 Å². The Labute approximate surface area is 196 Å². The summed E-state index contributed by atoms with van der Waals surface area (Å²) >= 11 is 1.67. The Morgan fingerprint density at radius 1 is 0.970 bits per heavy atom. The molecule has 0 aromatic carbocycles. The summed E-state index contributed by atoms with van der Waals surface area (Å²) in [6.45, 7) is 7.83. The molecule has 0 N–H and O–H groups in total. The van der Waals surface area contributed by atoms with E-state index in [9.17, 15) is 0 Å². The maximum absolute atomic E-state index is 8.98. The van der Waals surface area contributed by atoms with Crippen molar-refractivity contribution in [3.05, 3.63) is 71.2 Å². The molecule has 0 aliphatic heterocycles. The molecule has 4 aromatic rings. The summed E-state index contributed by atoms with van der Waals surface area (Å²) in [6.07, 6.45) is 7.17. The van der Waals surface area contributed by atoms with E-state index >= 15 is 0 Å². The smallest absolute Gasteiger partial charge is 0.151 e. The summed E-state index contributed by atoms with van der Waals surface area (Å²) in [6, 6.07) is 16.5. The van der Waals surface area contributed by atoms with Crippen molar-refractivity contribution in [3.8, 4) is 34.2 Å². The van der Waals surface area contributed by atoms with Crippen LogP contribution in [0.3, 0.4) is 0 Å². The second-order valence-corrected chi connectivity index (χ2v) is 9.10. The number of allylic oxidation sites excluding steroid dienone is 4. The van der Waals surface area contributed by atoms with E-state index in [1.807, 2.05) is 36.4 Å². The lowest BCUT2D eigenvalue weighted by Crippen LogP contribution is -2.01. The Bertz CT molecular complexity index is 1490. The fourth-order valence-corrected chi connectivity index (χ4v) is 4.64. The Hall–Kier alpha value is -4.00. The highest BCUT2D eigenvalue weighted by Gasteiger charge is 2.19. The molecule has 4 aromatic heterocycles. The molecule has 0 atom stereocenters. The van der Waals surface area contributed by atoms with Crippen molar-refractivity contribution >= 4 is 33.7 Å². The number of hydrogen-bond donors (Lipinski definition) is 0. The van der Waals surface area contributed by atoms with Crippen LogP contribution in [0.25, 0.3) is 44.5 Å². The van der Waals surface area contributed by atoms with E-state index < -0.39 is 0 Å². The van der Waals surface area contributed by atoms with Crippen LogP contribution in [0.2, 0.25) is 0 Å². The van der Waals surface area contributed by atoms with Gasteiger partial charge >= 0.3 is 0 Å². The van der Waals surface area contributed by atoms with Gasteiger partial charge in [0.1, 0.15) is 17.3 Å². The van der Waals surface area contributed by atoms with E-state index in [1.165, 1.54) is 0 Å². The van der Waals surface area contributed by atoms with E-state index in [0.717, 1.165) is 38.1 Å². The Kier molecular flexibility index (Phi) is 6.22. The molecule has 0 bridgehead atoms. The van der Waals surface area contributed by atoms with Crippen molar-refractivity contribution in [1.29, 1.82) is 10.5 Å². The number of aromatic nitrogens is 1. The predicted octanol–water partition coefficient (Wildman–Crippen LogP) is 8.21. The molecule has 5 nitrogen and oxygen atoms in total. The predicted molar refractivity (Wildman–Crippen MR) is 133 cm³/mol. The van der Waals surface area contributed by atoms with E-state index in [4.69, 9.17) is 19.4 Å². The molecule has 0 saturated carbocycles. The van der Waals surface area contributed by atoms with Gasteiger partial charge < -0.3 is 13.4 Å².